The highest BCUT2D eigenvalue weighted by atomic mass is 16.4. The minimum Gasteiger partial charge on any atom is -0.480 e. The van der Waals surface area contributed by atoms with Gasteiger partial charge in [0.05, 0.1) is 5.69 Å². The Morgan fingerprint density at radius 2 is 1.84 bits per heavy atom. The molecule has 1 aromatic heterocycles. The summed E-state index contributed by atoms with van der Waals surface area (Å²) in [5, 5.41) is 16.6. The second kappa shape index (κ2) is 5.72. The van der Waals surface area contributed by atoms with Crippen molar-refractivity contribution in [1.29, 1.82) is 0 Å². The molecule has 1 heterocycles. The molecule has 130 valence electrons. The van der Waals surface area contributed by atoms with Crippen LogP contribution in [0.15, 0.2) is 24.3 Å². The zero-order valence-corrected chi connectivity index (χ0v) is 14.2. The minimum atomic E-state index is -1.09. The van der Waals surface area contributed by atoms with E-state index in [9.17, 15) is 14.7 Å². The van der Waals surface area contributed by atoms with Gasteiger partial charge < -0.3 is 10.4 Å². The summed E-state index contributed by atoms with van der Waals surface area (Å²) >= 11 is 0. The number of aromatic nitrogens is 2. The first-order chi connectivity index (χ1) is 12.0. The fourth-order valence-corrected chi connectivity index (χ4v) is 3.47. The molecule has 1 aromatic carbocycles. The van der Waals surface area contributed by atoms with E-state index in [4.69, 9.17) is 0 Å². The standard InChI is InChI=1S/C19H21N3O3/c1-12-6-8-13(9-7-12)22-15-5-3-2-4-14(15)16(21-22)17(23)20-19(10-11-19)18(24)25/h6-9H,2-5,10-11H2,1H3,(H,20,23)(H,24,25). The fraction of sp³-hybridized carbons (Fsp3) is 0.421. The smallest absolute Gasteiger partial charge is 0.329 e. The number of carbonyl (C=O) groups excluding carboxylic acids is 1. The highest BCUT2D eigenvalue weighted by molar-refractivity contribution is 5.98. The maximum atomic E-state index is 12.7. The molecule has 0 radical (unpaired) electrons. The van der Waals surface area contributed by atoms with Crippen molar-refractivity contribution in [2.45, 2.75) is 51.0 Å². The molecule has 6 heteroatoms. The maximum Gasteiger partial charge on any atom is 0.329 e. The van der Waals surface area contributed by atoms with E-state index in [-0.39, 0.29) is 5.91 Å². The van der Waals surface area contributed by atoms with Crippen molar-refractivity contribution in [2.75, 3.05) is 0 Å². The van der Waals surface area contributed by atoms with Crippen LogP contribution in [0.4, 0.5) is 0 Å². The summed E-state index contributed by atoms with van der Waals surface area (Å²) in [7, 11) is 0. The third-order valence-electron chi connectivity index (χ3n) is 5.19. The van der Waals surface area contributed by atoms with Gasteiger partial charge in [-0.1, -0.05) is 17.7 Å². The minimum absolute atomic E-state index is 0.371. The zero-order valence-electron chi connectivity index (χ0n) is 14.2. The Morgan fingerprint density at radius 3 is 2.48 bits per heavy atom. The Bertz CT molecular complexity index is 848. The van der Waals surface area contributed by atoms with Crippen molar-refractivity contribution in [3.8, 4) is 5.69 Å². The Hall–Kier alpha value is -2.63. The van der Waals surface area contributed by atoms with Crippen LogP contribution in [0.1, 0.15) is 53.0 Å². The van der Waals surface area contributed by atoms with Crippen LogP contribution in [-0.4, -0.2) is 32.3 Å². The van der Waals surface area contributed by atoms with E-state index >= 15 is 0 Å². The molecule has 0 unspecified atom stereocenters. The molecule has 6 nitrogen and oxygen atoms in total. The normalized spacial score (nSPS) is 17.6. The molecule has 0 bridgehead atoms. The number of rotatable bonds is 4. The summed E-state index contributed by atoms with van der Waals surface area (Å²) in [6, 6.07) is 8.04. The molecular weight excluding hydrogens is 318 g/mol. The van der Waals surface area contributed by atoms with E-state index in [0.717, 1.165) is 42.6 Å². The summed E-state index contributed by atoms with van der Waals surface area (Å²) in [5.41, 5.74) is 3.42. The van der Waals surface area contributed by atoms with Gasteiger partial charge in [0.2, 0.25) is 0 Å². The molecule has 0 atom stereocenters. The first kappa shape index (κ1) is 15.9. The van der Waals surface area contributed by atoms with E-state index in [1.165, 1.54) is 5.56 Å². The lowest BCUT2D eigenvalue weighted by Crippen LogP contribution is -2.43. The summed E-state index contributed by atoms with van der Waals surface area (Å²) in [5.74, 6) is -1.34. The molecule has 25 heavy (non-hydrogen) atoms. The monoisotopic (exact) mass is 339 g/mol. The number of benzene rings is 1. The van der Waals surface area contributed by atoms with Crippen molar-refractivity contribution < 1.29 is 14.7 Å². The van der Waals surface area contributed by atoms with E-state index in [0.29, 0.717) is 18.5 Å². The van der Waals surface area contributed by atoms with Crippen molar-refractivity contribution in [3.05, 3.63) is 46.8 Å². The first-order valence-corrected chi connectivity index (χ1v) is 8.74. The number of hydrogen-bond acceptors (Lipinski definition) is 3. The summed E-state index contributed by atoms with van der Waals surface area (Å²) in [6.07, 6.45) is 4.75. The van der Waals surface area contributed by atoms with Gasteiger partial charge in [-0.25, -0.2) is 9.48 Å². The quantitative estimate of drug-likeness (QED) is 0.896. The number of carbonyl (C=O) groups is 2. The van der Waals surface area contributed by atoms with Crippen LogP contribution in [0.5, 0.6) is 0 Å². The lowest BCUT2D eigenvalue weighted by atomic mass is 9.95. The van der Waals surface area contributed by atoms with E-state index in [1.54, 1.807) is 0 Å². The van der Waals surface area contributed by atoms with Crippen molar-refractivity contribution in [2.24, 2.45) is 0 Å². The topological polar surface area (TPSA) is 84.2 Å². The van der Waals surface area contributed by atoms with Gasteiger partial charge in [-0.3, -0.25) is 4.79 Å². The van der Waals surface area contributed by atoms with E-state index < -0.39 is 11.5 Å². The third kappa shape index (κ3) is 2.71. The van der Waals surface area contributed by atoms with Gasteiger partial charge in [-0.2, -0.15) is 5.10 Å². The van der Waals surface area contributed by atoms with Crippen LogP contribution in [-0.2, 0) is 17.6 Å². The summed E-state index contributed by atoms with van der Waals surface area (Å²) in [4.78, 5) is 24.1. The number of carboxylic acids is 1. The Kier molecular flexibility index (Phi) is 3.63. The van der Waals surface area contributed by atoms with E-state index in [2.05, 4.69) is 10.4 Å². The molecule has 1 fully saturated rings. The van der Waals surface area contributed by atoms with Crippen LogP contribution < -0.4 is 5.32 Å². The zero-order chi connectivity index (χ0) is 17.6. The Morgan fingerprint density at radius 1 is 1.16 bits per heavy atom. The molecule has 2 N–H and O–H groups in total. The van der Waals surface area contributed by atoms with Gasteiger partial charge in [0, 0.05) is 11.3 Å². The van der Waals surface area contributed by atoms with Gasteiger partial charge in [-0.05, 0) is 57.6 Å². The lowest BCUT2D eigenvalue weighted by Gasteiger charge is -2.15. The average molecular weight is 339 g/mol. The number of aryl methyl sites for hydroxylation is 1. The van der Waals surface area contributed by atoms with Crippen LogP contribution in [0, 0.1) is 6.92 Å². The Balaban J connectivity index is 1.72. The van der Waals surface area contributed by atoms with Crippen molar-refractivity contribution >= 4 is 11.9 Å². The van der Waals surface area contributed by atoms with Gasteiger partial charge >= 0.3 is 5.97 Å². The summed E-state index contributed by atoms with van der Waals surface area (Å²) in [6.45, 7) is 2.03. The predicted molar refractivity (Wildman–Crippen MR) is 92.0 cm³/mol. The van der Waals surface area contributed by atoms with Crippen LogP contribution >= 0.6 is 0 Å². The number of aliphatic carboxylic acids is 1. The maximum absolute atomic E-state index is 12.7. The van der Waals surface area contributed by atoms with Gasteiger partial charge in [0.1, 0.15) is 5.54 Å². The van der Waals surface area contributed by atoms with Gasteiger partial charge in [0.15, 0.2) is 5.69 Å². The van der Waals surface area contributed by atoms with Crippen LogP contribution in [0.2, 0.25) is 0 Å². The highest BCUT2D eigenvalue weighted by Gasteiger charge is 2.52. The molecule has 1 saturated carbocycles. The second-order valence-electron chi connectivity index (χ2n) is 7.07. The van der Waals surface area contributed by atoms with Crippen LogP contribution in [0.3, 0.4) is 0 Å². The SMILES string of the molecule is Cc1ccc(-n2nc(C(=O)NC3(C(=O)O)CC3)c3c2CCCC3)cc1. The molecule has 0 aliphatic heterocycles. The predicted octanol–water partition coefficient (Wildman–Crippen LogP) is 2.41. The number of nitrogens with zero attached hydrogens (tertiary/aromatic N) is 2. The highest BCUT2D eigenvalue weighted by Crippen LogP contribution is 2.36. The third-order valence-corrected chi connectivity index (χ3v) is 5.19. The summed E-state index contributed by atoms with van der Waals surface area (Å²) < 4.78 is 1.85. The molecular formula is C19H21N3O3. The number of hydrogen-bond donors (Lipinski definition) is 2. The van der Waals surface area contributed by atoms with Crippen molar-refractivity contribution in [3.63, 3.8) is 0 Å². The fourth-order valence-electron chi connectivity index (χ4n) is 3.47. The van der Waals surface area contributed by atoms with E-state index in [1.807, 2.05) is 35.9 Å². The van der Waals surface area contributed by atoms with Crippen LogP contribution in [0.25, 0.3) is 5.69 Å². The molecule has 1 amide bonds. The second-order valence-corrected chi connectivity index (χ2v) is 7.07. The number of amides is 1. The first-order valence-electron chi connectivity index (χ1n) is 8.74. The number of fused-ring (bicyclic) bond motifs is 1. The number of nitrogens with one attached hydrogen (secondary N) is 1. The number of carboxylic acid groups (broad SMARTS) is 1. The molecule has 2 aliphatic carbocycles. The largest absolute Gasteiger partial charge is 0.480 e. The molecule has 0 spiro atoms. The molecule has 2 aromatic rings. The average Bonchev–Trinajstić information content (AvgIpc) is 3.28. The molecule has 0 saturated heterocycles. The van der Waals surface area contributed by atoms with Crippen molar-refractivity contribution in [1.82, 2.24) is 15.1 Å². The molecule has 2 aliphatic rings. The lowest BCUT2D eigenvalue weighted by molar-refractivity contribution is -0.140. The van der Waals surface area contributed by atoms with Gasteiger partial charge in [-0.15, -0.1) is 0 Å². The van der Waals surface area contributed by atoms with Gasteiger partial charge in [0.25, 0.3) is 5.91 Å². The molecule has 4 rings (SSSR count). The Labute approximate surface area is 145 Å².